The molecule has 0 spiro atoms. The van der Waals surface area contributed by atoms with Crippen molar-refractivity contribution in [2.45, 2.75) is 26.1 Å². The van der Waals surface area contributed by atoms with Crippen LogP contribution in [-0.4, -0.2) is 64.6 Å². The summed E-state index contributed by atoms with van der Waals surface area (Å²) in [6, 6.07) is 7.18. The molecule has 12 heteroatoms. The SMILES string of the molecule is CNC[C@@H](O)COc1ccc(Cl)c(-c2nc(/C(NC)=C(\C#N)C=N)c(C)c(N3Cc4cncnc4C3)n2)c1. The Morgan fingerprint density at radius 2 is 2.16 bits per heavy atom. The van der Waals surface area contributed by atoms with Gasteiger partial charge in [0.2, 0.25) is 0 Å². The third kappa shape index (κ3) is 5.57. The number of benzene rings is 1. The molecule has 196 valence electrons. The van der Waals surface area contributed by atoms with Crippen molar-refractivity contribution in [3.8, 4) is 23.2 Å². The number of aliphatic hydroxyl groups excluding tert-OH is 1. The molecular weight excluding hydrogens is 506 g/mol. The van der Waals surface area contributed by atoms with Gasteiger partial charge in [0, 0.05) is 49.2 Å². The molecule has 0 bridgehead atoms. The summed E-state index contributed by atoms with van der Waals surface area (Å²) in [6.45, 7) is 3.45. The van der Waals surface area contributed by atoms with Gasteiger partial charge in [-0.25, -0.2) is 19.9 Å². The molecule has 4 rings (SSSR count). The highest BCUT2D eigenvalue weighted by molar-refractivity contribution is 6.33. The molecule has 11 nitrogen and oxygen atoms in total. The van der Waals surface area contributed by atoms with E-state index in [0.29, 0.717) is 59.0 Å². The number of rotatable bonds is 10. The maximum absolute atomic E-state index is 10.0. The van der Waals surface area contributed by atoms with Crippen molar-refractivity contribution >= 4 is 29.3 Å². The summed E-state index contributed by atoms with van der Waals surface area (Å²) in [4.78, 5) is 20.3. The normalized spacial score (nSPS) is 13.8. The fraction of sp³-hybridized carbons (Fsp3) is 0.308. The third-order valence-corrected chi connectivity index (χ3v) is 6.41. The van der Waals surface area contributed by atoms with Crippen LogP contribution in [0.3, 0.4) is 0 Å². The molecule has 0 fully saturated rings. The van der Waals surface area contributed by atoms with E-state index >= 15 is 0 Å². The van der Waals surface area contributed by atoms with Gasteiger partial charge in [-0.15, -0.1) is 0 Å². The number of nitriles is 1. The highest BCUT2D eigenvalue weighted by Gasteiger charge is 2.27. The lowest BCUT2D eigenvalue weighted by Crippen LogP contribution is -2.29. The van der Waals surface area contributed by atoms with Crippen LogP contribution in [0.2, 0.25) is 5.02 Å². The predicted molar refractivity (Wildman–Crippen MR) is 145 cm³/mol. The Balaban J connectivity index is 1.84. The van der Waals surface area contributed by atoms with Crippen LogP contribution >= 0.6 is 11.6 Å². The van der Waals surface area contributed by atoms with E-state index in [9.17, 15) is 10.4 Å². The predicted octanol–water partition coefficient (Wildman–Crippen LogP) is 2.48. The molecule has 0 saturated heterocycles. The van der Waals surface area contributed by atoms with E-state index in [0.717, 1.165) is 23.0 Å². The fourth-order valence-corrected chi connectivity index (χ4v) is 4.42. The van der Waals surface area contributed by atoms with Crippen molar-refractivity contribution < 1.29 is 9.84 Å². The van der Waals surface area contributed by atoms with E-state index in [2.05, 4.69) is 31.6 Å². The van der Waals surface area contributed by atoms with Gasteiger partial charge >= 0.3 is 0 Å². The number of anilines is 1. The lowest BCUT2D eigenvalue weighted by atomic mass is 10.1. The molecule has 3 aromatic rings. The second kappa shape index (κ2) is 12.0. The first-order valence-electron chi connectivity index (χ1n) is 11.9. The van der Waals surface area contributed by atoms with Gasteiger partial charge in [0.1, 0.15) is 36.7 Å². The maximum Gasteiger partial charge on any atom is 0.163 e. The Labute approximate surface area is 225 Å². The first kappa shape index (κ1) is 26.9. The molecular formula is C26H28ClN9O2. The molecule has 1 aromatic carbocycles. The second-order valence-corrected chi connectivity index (χ2v) is 9.06. The number of hydrogen-bond acceptors (Lipinski definition) is 11. The van der Waals surface area contributed by atoms with Crippen molar-refractivity contribution in [2.24, 2.45) is 0 Å². The van der Waals surface area contributed by atoms with Gasteiger partial charge in [-0.3, -0.25) is 0 Å². The lowest BCUT2D eigenvalue weighted by Gasteiger charge is -2.22. The molecule has 1 aliphatic heterocycles. The Morgan fingerprint density at radius 1 is 1.34 bits per heavy atom. The molecule has 0 amide bonds. The number of fused-ring (bicyclic) bond motifs is 1. The molecule has 0 saturated carbocycles. The Kier molecular flexibility index (Phi) is 8.48. The summed E-state index contributed by atoms with van der Waals surface area (Å²) < 4.78 is 5.78. The molecule has 0 unspecified atom stereocenters. The summed E-state index contributed by atoms with van der Waals surface area (Å²) in [5.41, 5.74) is 4.17. The zero-order chi connectivity index (χ0) is 27.2. The third-order valence-electron chi connectivity index (χ3n) is 6.08. The Hall–Kier alpha value is -4.11. The summed E-state index contributed by atoms with van der Waals surface area (Å²) in [7, 11) is 3.43. The monoisotopic (exact) mass is 533 g/mol. The van der Waals surface area contributed by atoms with Crippen molar-refractivity contribution in [3.05, 3.63) is 63.8 Å². The molecule has 38 heavy (non-hydrogen) atoms. The second-order valence-electron chi connectivity index (χ2n) is 8.65. The molecule has 3 heterocycles. The van der Waals surface area contributed by atoms with Gasteiger partial charge in [0.15, 0.2) is 5.82 Å². The first-order chi connectivity index (χ1) is 18.4. The van der Waals surface area contributed by atoms with Gasteiger partial charge < -0.3 is 30.8 Å². The molecule has 1 aliphatic rings. The number of likely N-dealkylation sites (N-methyl/N-ethyl adjacent to an activating group) is 1. The molecule has 0 aliphatic carbocycles. The van der Waals surface area contributed by atoms with Crippen LogP contribution in [0.25, 0.3) is 17.1 Å². The number of halogens is 1. The van der Waals surface area contributed by atoms with Gasteiger partial charge in [0.25, 0.3) is 0 Å². The smallest absolute Gasteiger partial charge is 0.163 e. The number of aliphatic hydroxyl groups is 1. The maximum atomic E-state index is 10.0. The van der Waals surface area contributed by atoms with Gasteiger partial charge in [-0.2, -0.15) is 5.26 Å². The summed E-state index contributed by atoms with van der Waals surface area (Å²) >= 11 is 6.61. The van der Waals surface area contributed by atoms with Crippen molar-refractivity contribution in [1.29, 1.82) is 10.7 Å². The van der Waals surface area contributed by atoms with Crippen LogP contribution in [0.15, 0.2) is 36.3 Å². The molecule has 1 atom stereocenters. The zero-order valence-electron chi connectivity index (χ0n) is 21.3. The minimum Gasteiger partial charge on any atom is -0.491 e. The van der Waals surface area contributed by atoms with Crippen LogP contribution in [0.1, 0.15) is 22.5 Å². The van der Waals surface area contributed by atoms with Crippen LogP contribution in [0.5, 0.6) is 5.75 Å². The van der Waals surface area contributed by atoms with Gasteiger partial charge in [0.05, 0.1) is 34.2 Å². The number of allylic oxidation sites excluding steroid dienone is 1. The zero-order valence-corrected chi connectivity index (χ0v) is 22.0. The lowest BCUT2D eigenvalue weighted by molar-refractivity contribution is 0.108. The standard InChI is InChI=1S/C26H28ClN9O2/c1-15-23(24(31-3)16(7-28)8-29)34-25(35-26(15)36-11-17-9-32-14-33-22(17)12-36)20-6-19(4-5-21(20)27)38-13-18(37)10-30-2/h4-7,9,14,18,28,30-31,37H,10-13H2,1-3H3/b24-16+,28-7?/t18-/m1/s1. The quantitative estimate of drug-likeness (QED) is 0.225. The van der Waals surface area contributed by atoms with Crippen molar-refractivity contribution in [3.63, 3.8) is 0 Å². The van der Waals surface area contributed by atoms with E-state index in [4.69, 9.17) is 31.7 Å². The van der Waals surface area contributed by atoms with Crippen molar-refractivity contribution in [1.82, 2.24) is 30.6 Å². The van der Waals surface area contributed by atoms with E-state index in [-0.39, 0.29) is 12.2 Å². The topological polar surface area (TPSA) is 156 Å². The average molecular weight is 534 g/mol. The largest absolute Gasteiger partial charge is 0.491 e. The van der Waals surface area contributed by atoms with E-state index in [1.54, 1.807) is 38.5 Å². The number of nitrogens with one attached hydrogen (secondary N) is 3. The molecule has 4 N–H and O–H groups in total. The van der Waals surface area contributed by atoms with Crippen LogP contribution in [0.4, 0.5) is 5.82 Å². The Bertz CT molecular complexity index is 1400. The fourth-order valence-electron chi connectivity index (χ4n) is 4.22. The van der Waals surface area contributed by atoms with E-state index in [1.807, 2.05) is 6.92 Å². The number of ether oxygens (including phenoxy) is 1. The van der Waals surface area contributed by atoms with Crippen LogP contribution < -0.4 is 20.3 Å². The first-order valence-corrected chi connectivity index (χ1v) is 12.3. The van der Waals surface area contributed by atoms with Crippen LogP contribution in [-0.2, 0) is 13.1 Å². The highest BCUT2D eigenvalue weighted by Crippen LogP contribution is 2.36. The molecule has 0 radical (unpaired) electrons. The number of aromatic nitrogens is 4. The van der Waals surface area contributed by atoms with Gasteiger partial charge in [-0.1, -0.05) is 11.6 Å². The summed E-state index contributed by atoms with van der Waals surface area (Å²) in [5, 5.41) is 33.8. The number of hydrogen-bond donors (Lipinski definition) is 4. The molecule has 2 aromatic heterocycles. The van der Waals surface area contributed by atoms with Crippen LogP contribution in [0, 0.1) is 23.7 Å². The highest BCUT2D eigenvalue weighted by atomic mass is 35.5. The minimum absolute atomic E-state index is 0.0950. The number of nitrogens with zero attached hydrogens (tertiary/aromatic N) is 6. The summed E-state index contributed by atoms with van der Waals surface area (Å²) in [5.74, 6) is 1.46. The van der Waals surface area contributed by atoms with E-state index < -0.39 is 6.10 Å². The van der Waals surface area contributed by atoms with E-state index in [1.165, 1.54) is 6.33 Å². The average Bonchev–Trinajstić information content (AvgIpc) is 3.36. The Morgan fingerprint density at radius 3 is 2.84 bits per heavy atom. The minimum atomic E-state index is -0.679. The van der Waals surface area contributed by atoms with Crippen molar-refractivity contribution in [2.75, 3.05) is 32.1 Å². The summed E-state index contributed by atoms with van der Waals surface area (Å²) in [6.07, 6.45) is 3.63. The van der Waals surface area contributed by atoms with Gasteiger partial charge in [-0.05, 0) is 32.2 Å².